The Kier molecular flexibility index (Phi) is 4.78. The summed E-state index contributed by atoms with van der Waals surface area (Å²) in [4.78, 5) is 15.7. The molecule has 0 atom stereocenters. The first-order valence-corrected chi connectivity index (χ1v) is 6.93. The van der Waals surface area contributed by atoms with Crippen molar-refractivity contribution in [3.05, 3.63) is 50.7 Å². The van der Waals surface area contributed by atoms with Crippen molar-refractivity contribution in [3.63, 3.8) is 0 Å². The van der Waals surface area contributed by atoms with Crippen LogP contribution in [0.1, 0.15) is 6.42 Å². The van der Waals surface area contributed by atoms with E-state index in [1.807, 2.05) is 40.8 Å². The fourth-order valence-electron chi connectivity index (χ4n) is 1.61. The summed E-state index contributed by atoms with van der Waals surface area (Å²) in [7, 11) is 0. The van der Waals surface area contributed by atoms with Gasteiger partial charge < -0.3 is 10.5 Å². The number of halogens is 1. The van der Waals surface area contributed by atoms with Crippen LogP contribution in [0.4, 0.5) is 5.69 Å². The van der Waals surface area contributed by atoms with Crippen molar-refractivity contribution in [1.29, 1.82) is 0 Å². The third kappa shape index (κ3) is 3.69. The topological polar surface area (TPSA) is 70.1 Å². The van der Waals surface area contributed by atoms with Gasteiger partial charge in [-0.1, -0.05) is 12.1 Å². The zero-order chi connectivity index (χ0) is 13.7. The quantitative estimate of drug-likeness (QED) is 0.495. The Hall–Kier alpha value is -1.57. The van der Waals surface area contributed by atoms with Crippen molar-refractivity contribution in [2.75, 3.05) is 12.3 Å². The summed E-state index contributed by atoms with van der Waals surface area (Å²) < 4.78 is 7.77. The van der Waals surface area contributed by atoms with Crippen LogP contribution in [0.25, 0.3) is 0 Å². The molecule has 2 N–H and O–H groups in total. The monoisotopic (exact) mass is 371 g/mol. The third-order valence-corrected chi connectivity index (χ3v) is 3.32. The van der Waals surface area contributed by atoms with Gasteiger partial charge in [-0.3, -0.25) is 9.36 Å². The molecule has 0 unspecified atom stereocenters. The number of ether oxygens (including phenoxy) is 1. The van der Waals surface area contributed by atoms with Gasteiger partial charge in [-0.25, -0.2) is 4.98 Å². The lowest BCUT2D eigenvalue weighted by Gasteiger charge is -2.09. The number of nitrogens with zero attached hydrogens (tertiary/aromatic N) is 2. The summed E-state index contributed by atoms with van der Waals surface area (Å²) in [6.45, 7) is 1.08. The molecule has 6 heteroatoms. The minimum Gasteiger partial charge on any atom is -0.491 e. The standard InChI is InChI=1S/C13H14IN3O2/c14-10-8-16-9-17(13(10)18)6-3-7-19-12-5-2-1-4-11(12)15/h1-2,4-5,8-9H,3,6-7,15H2. The van der Waals surface area contributed by atoms with Crippen LogP contribution in [0.15, 0.2) is 41.6 Å². The highest BCUT2D eigenvalue weighted by Gasteiger charge is 2.01. The Morgan fingerprint density at radius 3 is 2.95 bits per heavy atom. The molecule has 5 nitrogen and oxygen atoms in total. The smallest absolute Gasteiger partial charge is 0.266 e. The van der Waals surface area contributed by atoms with Crippen LogP contribution in [0.2, 0.25) is 0 Å². The van der Waals surface area contributed by atoms with Gasteiger partial charge in [0, 0.05) is 12.7 Å². The number of aryl methyl sites for hydroxylation is 1. The number of nitrogens with two attached hydrogens (primary N) is 1. The van der Waals surface area contributed by atoms with Crippen molar-refractivity contribution in [1.82, 2.24) is 9.55 Å². The predicted octanol–water partition coefficient (Wildman–Crippen LogP) is 1.90. The lowest BCUT2D eigenvalue weighted by molar-refractivity contribution is 0.302. The Morgan fingerprint density at radius 2 is 2.16 bits per heavy atom. The van der Waals surface area contributed by atoms with Gasteiger partial charge in [0.2, 0.25) is 0 Å². The van der Waals surface area contributed by atoms with E-state index in [1.165, 1.54) is 0 Å². The molecule has 0 saturated heterocycles. The predicted molar refractivity (Wildman–Crippen MR) is 82.2 cm³/mol. The van der Waals surface area contributed by atoms with Crippen LogP contribution in [0, 0.1) is 3.57 Å². The summed E-state index contributed by atoms with van der Waals surface area (Å²) in [5.41, 5.74) is 6.37. The molecule has 0 bridgehead atoms. The van der Waals surface area contributed by atoms with E-state index < -0.39 is 0 Å². The minimum absolute atomic E-state index is 0.0187. The number of benzene rings is 1. The van der Waals surface area contributed by atoms with Crippen LogP contribution < -0.4 is 16.0 Å². The zero-order valence-corrected chi connectivity index (χ0v) is 12.4. The van der Waals surface area contributed by atoms with E-state index in [9.17, 15) is 4.79 Å². The van der Waals surface area contributed by atoms with Crippen molar-refractivity contribution >= 4 is 28.3 Å². The summed E-state index contributed by atoms with van der Waals surface area (Å²) >= 11 is 1.98. The second kappa shape index (κ2) is 6.55. The van der Waals surface area contributed by atoms with Crippen molar-refractivity contribution in [2.24, 2.45) is 0 Å². The van der Waals surface area contributed by atoms with Gasteiger partial charge in [0.05, 0.1) is 22.2 Å². The first-order valence-electron chi connectivity index (χ1n) is 5.86. The summed E-state index contributed by atoms with van der Waals surface area (Å²) in [5, 5.41) is 0. The molecule has 0 aliphatic rings. The highest BCUT2D eigenvalue weighted by atomic mass is 127. The Labute approximate surface area is 124 Å². The van der Waals surface area contributed by atoms with Crippen molar-refractivity contribution in [2.45, 2.75) is 13.0 Å². The van der Waals surface area contributed by atoms with E-state index in [0.29, 0.717) is 28.2 Å². The van der Waals surface area contributed by atoms with E-state index in [0.717, 1.165) is 6.42 Å². The number of nitrogen functional groups attached to an aromatic ring is 1. The highest BCUT2D eigenvalue weighted by Crippen LogP contribution is 2.19. The Bertz CT molecular complexity index is 613. The SMILES string of the molecule is Nc1ccccc1OCCCn1cncc(I)c1=O. The summed E-state index contributed by atoms with van der Waals surface area (Å²) in [6.07, 6.45) is 3.82. The molecule has 100 valence electrons. The number of anilines is 1. The van der Waals surface area contributed by atoms with E-state index in [4.69, 9.17) is 10.5 Å². The first kappa shape index (κ1) is 13.9. The second-order valence-corrected chi connectivity index (χ2v) is 5.14. The molecule has 1 heterocycles. The minimum atomic E-state index is -0.0187. The largest absolute Gasteiger partial charge is 0.491 e. The fourth-order valence-corrected chi connectivity index (χ4v) is 2.08. The van der Waals surface area contributed by atoms with E-state index >= 15 is 0 Å². The molecule has 2 aromatic rings. The number of aromatic nitrogens is 2. The maximum atomic E-state index is 11.7. The average molecular weight is 371 g/mol. The Balaban J connectivity index is 1.86. The molecule has 0 fully saturated rings. The van der Waals surface area contributed by atoms with Gasteiger partial charge in [0.1, 0.15) is 5.75 Å². The third-order valence-electron chi connectivity index (χ3n) is 2.58. The van der Waals surface area contributed by atoms with Gasteiger partial charge in [0.25, 0.3) is 5.56 Å². The lowest BCUT2D eigenvalue weighted by Crippen LogP contribution is -2.23. The molecule has 0 amide bonds. The van der Waals surface area contributed by atoms with Crippen LogP contribution in [-0.4, -0.2) is 16.2 Å². The fraction of sp³-hybridized carbons (Fsp3) is 0.231. The van der Waals surface area contributed by atoms with Crippen molar-refractivity contribution < 1.29 is 4.74 Å². The molecular weight excluding hydrogens is 357 g/mol. The molecule has 0 aliphatic heterocycles. The van der Waals surface area contributed by atoms with Gasteiger partial charge >= 0.3 is 0 Å². The normalized spacial score (nSPS) is 10.4. The number of hydrogen-bond donors (Lipinski definition) is 1. The van der Waals surface area contributed by atoms with Gasteiger partial charge in [-0.05, 0) is 41.1 Å². The molecule has 0 spiro atoms. The zero-order valence-electron chi connectivity index (χ0n) is 10.3. The van der Waals surface area contributed by atoms with E-state index in [1.54, 1.807) is 23.2 Å². The van der Waals surface area contributed by atoms with Gasteiger partial charge in [-0.2, -0.15) is 0 Å². The Morgan fingerprint density at radius 1 is 1.37 bits per heavy atom. The molecule has 19 heavy (non-hydrogen) atoms. The van der Waals surface area contributed by atoms with E-state index in [-0.39, 0.29) is 5.56 Å². The second-order valence-electron chi connectivity index (χ2n) is 3.98. The maximum absolute atomic E-state index is 11.7. The molecular formula is C13H14IN3O2. The molecule has 1 aromatic heterocycles. The van der Waals surface area contributed by atoms with E-state index in [2.05, 4.69) is 4.98 Å². The number of para-hydroxylation sites is 2. The first-order chi connectivity index (χ1) is 9.18. The molecule has 2 rings (SSSR count). The number of rotatable bonds is 5. The van der Waals surface area contributed by atoms with Crippen LogP contribution in [-0.2, 0) is 6.54 Å². The maximum Gasteiger partial charge on any atom is 0.266 e. The van der Waals surface area contributed by atoms with Crippen molar-refractivity contribution in [3.8, 4) is 5.75 Å². The number of hydrogen-bond acceptors (Lipinski definition) is 4. The van der Waals surface area contributed by atoms with Crippen LogP contribution in [0.3, 0.4) is 0 Å². The molecule has 1 aromatic carbocycles. The molecule has 0 aliphatic carbocycles. The van der Waals surface area contributed by atoms with Gasteiger partial charge in [0.15, 0.2) is 0 Å². The van der Waals surface area contributed by atoms with Gasteiger partial charge in [-0.15, -0.1) is 0 Å². The van der Waals surface area contributed by atoms with Crippen LogP contribution in [0.5, 0.6) is 5.75 Å². The summed E-state index contributed by atoms with van der Waals surface area (Å²) in [5.74, 6) is 0.676. The van der Waals surface area contributed by atoms with Crippen LogP contribution >= 0.6 is 22.6 Å². The summed E-state index contributed by atoms with van der Waals surface area (Å²) in [6, 6.07) is 7.36. The molecule has 0 saturated carbocycles. The highest BCUT2D eigenvalue weighted by molar-refractivity contribution is 14.1. The average Bonchev–Trinajstić information content (AvgIpc) is 2.41. The molecule has 0 radical (unpaired) electrons. The lowest BCUT2D eigenvalue weighted by atomic mass is 10.3.